The molecule has 0 saturated carbocycles. The molecule has 1 atom stereocenters. The van der Waals surface area contributed by atoms with Crippen molar-refractivity contribution in [1.82, 2.24) is 4.57 Å². The minimum Gasteiger partial charge on any atom is -0.389 e. The summed E-state index contributed by atoms with van der Waals surface area (Å²) in [7, 11) is 0. The Kier molecular flexibility index (Phi) is 6.92. The molecule has 4 aromatic carbocycles. The van der Waals surface area contributed by atoms with Gasteiger partial charge in [0.15, 0.2) is 0 Å². The maximum Gasteiger partial charge on any atom is 0.0891 e. The van der Waals surface area contributed by atoms with E-state index in [0.29, 0.717) is 19.0 Å². The van der Waals surface area contributed by atoms with E-state index in [9.17, 15) is 5.11 Å². The number of aliphatic hydroxyl groups is 1. The summed E-state index contributed by atoms with van der Waals surface area (Å²) in [5.74, 6) is 0.505. The zero-order valence-corrected chi connectivity index (χ0v) is 21.3. The number of aliphatic hydroxyl groups excluding tert-OH is 1. The predicted molar refractivity (Wildman–Crippen MR) is 153 cm³/mol. The Morgan fingerprint density at radius 1 is 0.778 bits per heavy atom. The van der Waals surface area contributed by atoms with Crippen LogP contribution >= 0.6 is 0 Å². The van der Waals surface area contributed by atoms with Crippen LogP contribution in [0.1, 0.15) is 30.9 Å². The molecular formula is C33H34N2O. The standard InChI is InChI=1S/C33H34N2O/c1-23(2)25-15-17-28(18-16-25)34-21-29(36)22-35-31-19-14-24(3)20-30(31)32(26-10-6-4-7-11-26)33(35)27-12-8-5-9-13-27/h4-20,23,29,34,36H,21-22H2,1-3H3. The van der Waals surface area contributed by atoms with Crippen LogP contribution in [0.4, 0.5) is 5.69 Å². The van der Waals surface area contributed by atoms with Gasteiger partial charge >= 0.3 is 0 Å². The van der Waals surface area contributed by atoms with E-state index in [1.54, 1.807) is 0 Å². The fourth-order valence-corrected chi connectivity index (χ4v) is 4.95. The topological polar surface area (TPSA) is 37.2 Å². The Bertz CT molecular complexity index is 1430. The quantitative estimate of drug-likeness (QED) is 0.240. The molecule has 0 aliphatic heterocycles. The first-order valence-electron chi connectivity index (χ1n) is 12.8. The van der Waals surface area contributed by atoms with Crippen molar-refractivity contribution in [3.8, 4) is 22.4 Å². The molecular weight excluding hydrogens is 440 g/mol. The minimum atomic E-state index is -0.558. The number of hydrogen-bond acceptors (Lipinski definition) is 2. The second-order valence-corrected chi connectivity index (χ2v) is 9.90. The first kappa shape index (κ1) is 23.9. The second kappa shape index (κ2) is 10.4. The summed E-state index contributed by atoms with van der Waals surface area (Å²) in [5, 5.41) is 15.8. The average molecular weight is 475 g/mol. The summed E-state index contributed by atoms with van der Waals surface area (Å²) in [6.45, 7) is 7.50. The number of nitrogens with zero attached hydrogens (tertiary/aromatic N) is 1. The fourth-order valence-electron chi connectivity index (χ4n) is 4.95. The first-order chi connectivity index (χ1) is 17.5. The summed E-state index contributed by atoms with van der Waals surface area (Å²) in [5.41, 5.74) is 9.39. The van der Waals surface area contributed by atoms with Gasteiger partial charge in [0.05, 0.1) is 18.3 Å². The SMILES string of the molecule is Cc1ccc2c(c1)c(-c1ccccc1)c(-c1ccccc1)n2CC(O)CNc1ccc(C(C)C)cc1. The molecule has 0 bridgehead atoms. The predicted octanol–water partition coefficient (Wildman–Crippen LogP) is 7.88. The summed E-state index contributed by atoms with van der Waals surface area (Å²) in [6.07, 6.45) is -0.558. The highest BCUT2D eigenvalue weighted by molar-refractivity contribution is 6.04. The Morgan fingerprint density at radius 3 is 2.06 bits per heavy atom. The van der Waals surface area contributed by atoms with Crippen molar-refractivity contribution in [2.45, 2.75) is 39.3 Å². The summed E-state index contributed by atoms with van der Waals surface area (Å²) < 4.78 is 2.29. The van der Waals surface area contributed by atoms with E-state index in [1.807, 2.05) is 6.07 Å². The van der Waals surface area contributed by atoms with Crippen LogP contribution in [0.3, 0.4) is 0 Å². The van der Waals surface area contributed by atoms with Gasteiger partial charge in [0.25, 0.3) is 0 Å². The molecule has 1 unspecified atom stereocenters. The van der Waals surface area contributed by atoms with Gasteiger partial charge in [-0.05, 0) is 53.8 Å². The Balaban J connectivity index is 1.53. The molecule has 0 fully saturated rings. The van der Waals surface area contributed by atoms with Crippen molar-refractivity contribution in [2.75, 3.05) is 11.9 Å². The van der Waals surface area contributed by atoms with Gasteiger partial charge in [0, 0.05) is 28.7 Å². The van der Waals surface area contributed by atoms with Crippen LogP contribution in [0.2, 0.25) is 0 Å². The molecule has 3 nitrogen and oxygen atoms in total. The van der Waals surface area contributed by atoms with Crippen molar-refractivity contribution in [3.05, 3.63) is 114 Å². The van der Waals surface area contributed by atoms with Gasteiger partial charge in [-0.3, -0.25) is 0 Å². The highest BCUT2D eigenvalue weighted by Gasteiger charge is 2.21. The normalized spacial score (nSPS) is 12.2. The van der Waals surface area contributed by atoms with E-state index in [-0.39, 0.29) is 0 Å². The molecule has 182 valence electrons. The zero-order chi connectivity index (χ0) is 25.1. The minimum absolute atomic E-state index is 0.474. The number of benzene rings is 4. The largest absolute Gasteiger partial charge is 0.389 e. The molecule has 1 heterocycles. The number of fused-ring (bicyclic) bond motifs is 1. The molecule has 3 heteroatoms. The molecule has 0 radical (unpaired) electrons. The molecule has 0 amide bonds. The highest BCUT2D eigenvalue weighted by Crippen LogP contribution is 2.41. The Morgan fingerprint density at radius 2 is 1.42 bits per heavy atom. The van der Waals surface area contributed by atoms with Gasteiger partial charge in [-0.25, -0.2) is 0 Å². The van der Waals surface area contributed by atoms with E-state index >= 15 is 0 Å². The van der Waals surface area contributed by atoms with Crippen LogP contribution in [0, 0.1) is 6.92 Å². The Labute approximate surface area is 214 Å². The van der Waals surface area contributed by atoms with Gasteiger partial charge in [0.1, 0.15) is 0 Å². The van der Waals surface area contributed by atoms with E-state index in [2.05, 4.69) is 128 Å². The number of nitrogens with one attached hydrogen (secondary N) is 1. The van der Waals surface area contributed by atoms with Gasteiger partial charge < -0.3 is 15.0 Å². The third kappa shape index (κ3) is 4.93. The molecule has 5 rings (SSSR count). The number of aryl methyl sites for hydroxylation is 1. The van der Waals surface area contributed by atoms with Crippen LogP contribution in [0.5, 0.6) is 0 Å². The first-order valence-corrected chi connectivity index (χ1v) is 12.8. The van der Waals surface area contributed by atoms with E-state index in [4.69, 9.17) is 0 Å². The van der Waals surface area contributed by atoms with Crippen LogP contribution in [0.25, 0.3) is 33.3 Å². The summed E-state index contributed by atoms with van der Waals surface area (Å²) >= 11 is 0. The molecule has 2 N–H and O–H groups in total. The van der Waals surface area contributed by atoms with Crippen LogP contribution in [-0.4, -0.2) is 22.3 Å². The van der Waals surface area contributed by atoms with E-state index < -0.39 is 6.10 Å². The summed E-state index contributed by atoms with van der Waals surface area (Å²) in [4.78, 5) is 0. The third-order valence-electron chi connectivity index (χ3n) is 6.84. The molecule has 0 spiro atoms. The maximum atomic E-state index is 11.2. The lowest BCUT2D eigenvalue weighted by Gasteiger charge is -2.18. The number of anilines is 1. The van der Waals surface area contributed by atoms with E-state index in [0.717, 1.165) is 22.5 Å². The highest BCUT2D eigenvalue weighted by atomic mass is 16.3. The van der Waals surface area contributed by atoms with Crippen LogP contribution in [-0.2, 0) is 6.54 Å². The van der Waals surface area contributed by atoms with E-state index in [1.165, 1.54) is 27.6 Å². The zero-order valence-electron chi connectivity index (χ0n) is 21.3. The van der Waals surface area contributed by atoms with Crippen molar-refractivity contribution in [1.29, 1.82) is 0 Å². The molecule has 0 aliphatic rings. The lowest BCUT2D eigenvalue weighted by atomic mass is 9.98. The monoisotopic (exact) mass is 474 g/mol. The number of rotatable bonds is 8. The molecule has 1 aromatic heterocycles. The van der Waals surface area contributed by atoms with Gasteiger partial charge in [0.2, 0.25) is 0 Å². The lowest BCUT2D eigenvalue weighted by molar-refractivity contribution is 0.169. The number of hydrogen-bond donors (Lipinski definition) is 2. The average Bonchev–Trinajstić information content (AvgIpc) is 3.21. The smallest absolute Gasteiger partial charge is 0.0891 e. The second-order valence-electron chi connectivity index (χ2n) is 9.90. The van der Waals surface area contributed by atoms with Gasteiger partial charge in [-0.1, -0.05) is 98.3 Å². The molecule has 5 aromatic rings. The van der Waals surface area contributed by atoms with Crippen LogP contribution < -0.4 is 5.32 Å². The number of aromatic nitrogens is 1. The van der Waals surface area contributed by atoms with Gasteiger partial charge in [-0.15, -0.1) is 0 Å². The van der Waals surface area contributed by atoms with Crippen molar-refractivity contribution >= 4 is 16.6 Å². The molecule has 0 aliphatic carbocycles. The third-order valence-corrected chi connectivity index (χ3v) is 6.84. The van der Waals surface area contributed by atoms with Crippen molar-refractivity contribution < 1.29 is 5.11 Å². The molecule has 36 heavy (non-hydrogen) atoms. The van der Waals surface area contributed by atoms with Crippen LogP contribution in [0.15, 0.2) is 103 Å². The maximum absolute atomic E-state index is 11.2. The van der Waals surface area contributed by atoms with Crippen molar-refractivity contribution in [3.63, 3.8) is 0 Å². The Hall–Kier alpha value is -3.82. The fraction of sp³-hybridized carbons (Fsp3) is 0.212. The van der Waals surface area contributed by atoms with Crippen molar-refractivity contribution in [2.24, 2.45) is 0 Å². The molecule has 0 saturated heterocycles. The lowest BCUT2D eigenvalue weighted by Crippen LogP contribution is -2.25. The summed E-state index contributed by atoms with van der Waals surface area (Å²) in [6, 6.07) is 36.2. The van der Waals surface area contributed by atoms with Gasteiger partial charge in [-0.2, -0.15) is 0 Å².